The van der Waals surface area contributed by atoms with Gasteiger partial charge in [0.05, 0.1) is 0 Å². The van der Waals surface area contributed by atoms with Crippen molar-refractivity contribution in [1.29, 1.82) is 0 Å². The molecule has 0 bridgehead atoms. The van der Waals surface area contributed by atoms with E-state index in [0.29, 0.717) is 19.3 Å². The molecule has 0 aromatic rings. The molecule has 75 heavy (non-hydrogen) atoms. The van der Waals surface area contributed by atoms with Gasteiger partial charge in [0.2, 0.25) is 0 Å². The number of allylic oxidation sites excluding steroid dienone is 4. The van der Waals surface area contributed by atoms with Gasteiger partial charge in [0.1, 0.15) is 13.2 Å². The number of carbonyl (C=O) groups is 3. The van der Waals surface area contributed by atoms with Crippen LogP contribution in [0.5, 0.6) is 0 Å². The average molecular weight is 1060 g/mol. The van der Waals surface area contributed by atoms with Crippen molar-refractivity contribution in [3.8, 4) is 0 Å². The minimum Gasteiger partial charge on any atom is -0.462 e. The highest BCUT2D eigenvalue weighted by Gasteiger charge is 2.19. The SMILES string of the molecule is CCCCCCC/C=C\C/C=C\CCCCCCCCCCCC(=O)OC(COC(=O)CCCCCCCCCCCCC)COC(=O)CCCCCCCCCCCCCCCCCCCCCCCCCCC. The van der Waals surface area contributed by atoms with Crippen molar-refractivity contribution in [3.05, 3.63) is 24.3 Å². The molecule has 0 aliphatic rings. The monoisotopic (exact) mass is 1050 g/mol. The Morgan fingerprint density at radius 2 is 0.480 bits per heavy atom. The first kappa shape index (κ1) is 72.9. The lowest BCUT2D eigenvalue weighted by molar-refractivity contribution is -0.167. The molecule has 0 amide bonds. The molecule has 0 saturated heterocycles. The first-order valence-electron chi connectivity index (χ1n) is 33.8. The van der Waals surface area contributed by atoms with Gasteiger partial charge in [-0.2, -0.15) is 0 Å². The summed E-state index contributed by atoms with van der Waals surface area (Å²) in [4.78, 5) is 38.3. The van der Waals surface area contributed by atoms with E-state index in [0.717, 1.165) is 64.2 Å². The van der Waals surface area contributed by atoms with E-state index in [4.69, 9.17) is 14.2 Å². The zero-order chi connectivity index (χ0) is 54.3. The third-order valence-electron chi connectivity index (χ3n) is 15.5. The minimum atomic E-state index is -0.769. The van der Waals surface area contributed by atoms with E-state index >= 15 is 0 Å². The van der Waals surface area contributed by atoms with Crippen molar-refractivity contribution in [3.63, 3.8) is 0 Å². The number of esters is 3. The van der Waals surface area contributed by atoms with Crippen LogP contribution >= 0.6 is 0 Å². The van der Waals surface area contributed by atoms with Gasteiger partial charge in [-0.25, -0.2) is 0 Å². The summed E-state index contributed by atoms with van der Waals surface area (Å²) in [6.07, 6.45) is 77.7. The van der Waals surface area contributed by atoms with Crippen molar-refractivity contribution in [2.75, 3.05) is 13.2 Å². The van der Waals surface area contributed by atoms with Gasteiger partial charge in [0.15, 0.2) is 6.10 Å². The van der Waals surface area contributed by atoms with E-state index in [1.54, 1.807) is 0 Å². The molecule has 1 atom stereocenters. The fraction of sp³-hybridized carbons (Fsp3) is 0.899. The molecule has 0 radical (unpaired) electrons. The first-order chi connectivity index (χ1) is 37.0. The summed E-state index contributed by atoms with van der Waals surface area (Å²) in [5.74, 6) is -0.843. The molecule has 0 rings (SSSR count). The number of rotatable bonds is 63. The van der Waals surface area contributed by atoms with Crippen LogP contribution in [0.2, 0.25) is 0 Å². The lowest BCUT2D eigenvalue weighted by Crippen LogP contribution is -2.30. The van der Waals surface area contributed by atoms with Crippen molar-refractivity contribution in [1.82, 2.24) is 0 Å². The standard InChI is InChI=1S/C69H130O6/c1-4-7-10-13-16-19-22-24-26-28-30-32-33-34-35-37-38-40-42-44-47-50-53-56-59-62-68(71)74-65-66(64-73-67(70)61-58-55-52-49-46-21-18-15-12-9-6-3)75-69(72)63-60-57-54-51-48-45-43-41-39-36-31-29-27-25-23-20-17-14-11-8-5-2/h23,25,29,31,66H,4-22,24,26-28,30,32-65H2,1-3H3/b25-23-,31-29-. The first-order valence-corrected chi connectivity index (χ1v) is 33.8. The molecule has 0 heterocycles. The zero-order valence-corrected chi connectivity index (χ0v) is 50.8. The minimum absolute atomic E-state index is 0.0668. The summed E-state index contributed by atoms with van der Waals surface area (Å²) in [7, 11) is 0. The van der Waals surface area contributed by atoms with Crippen LogP contribution in [0, 0.1) is 0 Å². The Kier molecular flexibility index (Phi) is 62.6. The Labute approximate surface area is 468 Å². The Morgan fingerprint density at radius 3 is 0.733 bits per heavy atom. The van der Waals surface area contributed by atoms with Crippen LogP contribution in [-0.4, -0.2) is 37.2 Å². The predicted molar refractivity (Wildman–Crippen MR) is 326 cm³/mol. The predicted octanol–water partition coefficient (Wildman–Crippen LogP) is 23.0. The van der Waals surface area contributed by atoms with Gasteiger partial charge in [-0.3, -0.25) is 14.4 Å². The third-order valence-corrected chi connectivity index (χ3v) is 15.5. The largest absolute Gasteiger partial charge is 0.462 e. The molecule has 0 saturated carbocycles. The normalized spacial score (nSPS) is 12.1. The summed E-state index contributed by atoms with van der Waals surface area (Å²) in [6, 6.07) is 0. The van der Waals surface area contributed by atoms with Crippen molar-refractivity contribution in [2.45, 2.75) is 386 Å². The average Bonchev–Trinajstić information content (AvgIpc) is 3.41. The second-order valence-electron chi connectivity index (χ2n) is 23.1. The number of ether oxygens (including phenoxy) is 3. The molecule has 0 aliphatic carbocycles. The van der Waals surface area contributed by atoms with Gasteiger partial charge < -0.3 is 14.2 Å². The maximum absolute atomic E-state index is 12.9. The van der Waals surface area contributed by atoms with Crippen LogP contribution in [0.25, 0.3) is 0 Å². The van der Waals surface area contributed by atoms with Gasteiger partial charge in [-0.05, 0) is 51.4 Å². The Balaban J connectivity index is 4.19. The Bertz CT molecular complexity index is 1210. The molecule has 6 heteroatoms. The molecule has 0 fully saturated rings. The highest BCUT2D eigenvalue weighted by molar-refractivity contribution is 5.71. The maximum atomic E-state index is 12.9. The van der Waals surface area contributed by atoms with E-state index in [9.17, 15) is 14.4 Å². The van der Waals surface area contributed by atoms with Gasteiger partial charge in [-0.1, -0.05) is 334 Å². The second-order valence-corrected chi connectivity index (χ2v) is 23.1. The maximum Gasteiger partial charge on any atom is 0.306 e. The fourth-order valence-electron chi connectivity index (χ4n) is 10.4. The Hall–Kier alpha value is -2.11. The van der Waals surface area contributed by atoms with Gasteiger partial charge in [-0.15, -0.1) is 0 Å². The van der Waals surface area contributed by atoms with Crippen LogP contribution in [0.15, 0.2) is 24.3 Å². The number of unbranched alkanes of at least 4 members (excludes halogenated alkanes) is 48. The number of hydrogen-bond donors (Lipinski definition) is 0. The van der Waals surface area contributed by atoms with E-state index in [-0.39, 0.29) is 31.1 Å². The van der Waals surface area contributed by atoms with Crippen molar-refractivity contribution >= 4 is 17.9 Å². The highest BCUT2D eigenvalue weighted by Crippen LogP contribution is 2.18. The van der Waals surface area contributed by atoms with Gasteiger partial charge >= 0.3 is 17.9 Å². The summed E-state index contributed by atoms with van der Waals surface area (Å²) < 4.78 is 16.9. The van der Waals surface area contributed by atoms with E-state index in [1.807, 2.05) is 0 Å². The van der Waals surface area contributed by atoms with Crippen LogP contribution in [0.3, 0.4) is 0 Å². The molecule has 442 valence electrons. The van der Waals surface area contributed by atoms with Gasteiger partial charge in [0.25, 0.3) is 0 Å². The molecule has 0 spiro atoms. The van der Waals surface area contributed by atoms with Crippen molar-refractivity contribution in [2.24, 2.45) is 0 Å². The third kappa shape index (κ3) is 62.6. The van der Waals surface area contributed by atoms with E-state index < -0.39 is 6.10 Å². The molecular weight excluding hydrogens is 925 g/mol. The summed E-state index contributed by atoms with van der Waals surface area (Å²) in [6.45, 7) is 6.69. The van der Waals surface area contributed by atoms with E-state index in [1.165, 1.54) is 276 Å². The van der Waals surface area contributed by atoms with Crippen molar-refractivity contribution < 1.29 is 28.6 Å². The Morgan fingerprint density at radius 1 is 0.267 bits per heavy atom. The van der Waals surface area contributed by atoms with Crippen LogP contribution in [-0.2, 0) is 28.6 Å². The lowest BCUT2D eigenvalue weighted by Gasteiger charge is -2.18. The molecule has 0 aromatic heterocycles. The summed E-state index contributed by atoms with van der Waals surface area (Å²) in [5.41, 5.74) is 0. The molecule has 6 nitrogen and oxygen atoms in total. The molecule has 0 aliphatic heterocycles. The highest BCUT2D eigenvalue weighted by atomic mass is 16.6. The fourth-order valence-corrected chi connectivity index (χ4v) is 10.4. The molecule has 0 N–H and O–H groups in total. The molecule has 1 unspecified atom stereocenters. The number of carbonyl (C=O) groups excluding carboxylic acids is 3. The van der Waals surface area contributed by atoms with Crippen LogP contribution in [0.4, 0.5) is 0 Å². The van der Waals surface area contributed by atoms with Crippen LogP contribution < -0.4 is 0 Å². The molecular formula is C69H130O6. The smallest absolute Gasteiger partial charge is 0.306 e. The molecule has 0 aromatic carbocycles. The second kappa shape index (κ2) is 64.4. The van der Waals surface area contributed by atoms with Gasteiger partial charge in [0, 0.05) is 19.3 Å². The van der Waals surface area contributed by atoms with E-state index in [2.05, 4.69) is 45.1 Å². The lowest BCUT2D eigenvalue weighted by atomic mass is 10.0. The number of hydrogen-bond acceptors (Lipinski definition) is 6. The summed E-state index contributed by atoms with van der Waals surface area (Å²) in [5, 5.41) is 0. The topological polar surface area (TPSA) is 78.9 Å². The van der Waals surface area contributed by atoms with Crippen LogP contribution in [0.1, 0.15) is 380 Å². The zero-order valence-electron chi connectivity index (χ0n) is 50.8. The quantitative estimate of drug-likeness (QED) is 0.0261. The summed E-state index contributed by atoms with van der Waals surface area (Å²) >= 11 is 0.